The second-order valence-electron chi connectivity index (χ2n) is 3.30. The summed E-state index contributed by atoms with van der Waals surface area (Å²) >= 11 is 11.5. The molecule has 0 aliphatic heterocycles. The van der Waals surface area contributed by atoms with E-state index >= 15 is 0 Å². The van der Waals surface area contributed by atoms with Crippen LogP contribution in [0.1, 0.15) is 19.8 Å². The van der Waals surface area contributed by atoms with Crippen LogP contribution in [0.15, 0.2) is 12.2 Å². The van der Waals surface area contributed by atoms with Crippen molar-refractivity contribution in [2.24, 2.45) is 5.92 Å². The SMILES string of the molecule is C=C(C)C[C@H](O)[C@@H]1CC1(Cl)Cl. The highest BCUT2D eigenvalue weighted by atomic mass is 35.5. The van der Waals surface area contributed by atoms with E-state index in [-0.39, 0.29) is 5.92 Å². The Labute approximate surface area is 77.0 Å². The summed E-state index contributed by atoms with van der Waals surface area (Å²) in [6.07, 6.45) is 0.888. The first kappa shape index (κ1) is 9.37. The molecule has 3 heteroatoms. The predicted molar refractivity (Wildman–Crippen MR) is 48.0 cm³/mol. The van der Waals surface area contributed by atoms with Crippen LogP contribution in [0.3, 0.4) is 0 Å². The Hall–Kier alpha value is 0.280. The van der Waals surface area contributed by atoms with Crippen LogP contribution in [0.2, 0.25) is 0 Å². The molecular weight excluding hydrogens is 183 g/mol. The summed E-state index contributed by atoms with van der Waals surface area (Å²) in [7, 11) is 0. The molecule has 1 saturated carbocycles. The maximum Gasteiger partial charge on any atom is 0.124 e. The fourth-order valence-corrected chi connectivity index (χ4v) is 1.77. The van der Waals surface area contributed by atoms with Gasteiger partial charge in [-0.15, -0.1) is 29.8 Å². The maximum atomic E-state index is 9.47. The number of hydrogen-bond donors (Lipinski definition) is 1. The number of aliphatic hydroxyl groups excluding tert-OH is 1. The van der Waals surface area contributed by atoms with Crippen molar-refractivity contribution in [1.82, 2.24) is 0 Å². The zero-order chi connectivity index (χ0) is 8.65. The van der Waals surface area contributed by atoms with Gasteiger partial charge in [-0.1, -0.05) is 5.57 Å². The van der Waals surface area contributed by atoms with Crippen molar-refractivity contribution in [3.05, 3.63) is 12.2 Å². The van der Waals surface area contributed by atoms with Crippen molar-refractivity contribution in [2.45, 2.75) is 30.2 Å². The Morgan fingerprint density at radius 2 is 2.27 bits per heavy atom. The zero-order valence-electron chi connectivity index (χ0n) is 6.48. The second kappa shape index (κ2) is 2.96. The average molecular weight is 195 g/mol. The van der Waals surface area contributed by atoms with E-state index in [2.05, 4.69) is 6.58 Å². The highest BCUT2D eigenvalue weighted by molar-refractivity contribution is 6.50. The molecular formula is C8H12Cl2O. The molecule has 0 amide bonds. The minimum atomic E-state index is -0.672. The van der Waals surface area contributed by atoms with E-state index in [1.165, 1.54) is 0 Å². The first-order valence-corrected chi connectivity index (χ1v) is 4.39. The molecule has 0 aromatic carbocycles. The van der Waals surface area contributed by atoms with Crippen LogP contribution in [-0.4, -0.2) is 15.5 Å². The number of halogens is 2. The fraction of sp³-hybridized carbons (Fsp3) is 0.750. The van der Waals surface area contributed by atoms with E-state index in [0.717, 1.165) is 5.57 Å². The Kier molecular flexibility index (Phi) is 2.53. The van der Waals surface area contributed by atoms with Crippen LogP contribution in [0.5, 0.6) is 0 Å². The van der Waals surface area contributed by atoms with Crippen molar-refractivity contribution in [3.8, 4) is 0 Å². The van der Waals surface area contributed by atoms with Gasteiger partial charge in [0.1, 0.15) is 4.33 Å². The van der Waals surface area contributed by atoms with Gasteiger partial charge in [0.05, 0.1) is 6.10 Å². The number of alkyl halides is 2. The lowest BCUT2D eigenvalue weighted by Crippen LogP contribution is -2.13. The van der Waals surface area contributed by atoms with Crippen LogP contribution in [0.4, 0.5) is 0 Å². The van der Waals surface area contributed by atoms with Gasteiger partial charge in [-0.3, -0.25) is 0 Å². The highest BCUT2D eigenvalue weighted by Gasteiger charge is 2.55. The Bertz CT molecular complexity index is 177. The number of aliphatic hydroxyl groups is 1. The summed E-state index contributed by atoms with van der Waals surface area (Å²) < 4.78 is -0.672. The predicted octanol–water partition coefficient (Wildman–Crippen LogP) is 2.51. The summed E-state index contributed by atoms with van der Waals surface area (Å²) in [4.78, 5) is 0. The third kappa shape index (κ3) is 2.36. The van der Waals surface area contributed by atoms with Gasteiger partial charge >= 0.3 is 0 Å². The minimum absolute atomic E-state index is 0.0440. The number of hydrogen-bond acceptors (Lipinski definition) is 1. The summed E-state index contributed by atoms with van der Waals surface area (Å²) in [6.45, 7) is 5.59. The molecule has 1 nitrogen and oxygen atoms in total. The van der Waals surface area contributed by atoms with Crippen LogP contribution in [0.25, 0.3) is 0 Å². The number of rotatable bonds is 3. The first-order chi connectivity index (χ1) is 4.93. The van der Waals surface area contributed by atoms with Gasteiger partial charge in [-0.2, -0.15) is 0 Å². The van der Waals surface area contributed by atoms with Crippen molar-refractivity contribution < 1.29 is 5.11 Å². The summed E-state index contributed by atoms with van der Waals surface area (Å²) in [6, 6.07) is 0. The maximum absolute atomic E-state index is 9.47. The standard InChI is InChI=1S/C8H12Cl2O/c1-5(2)3-7(11)6-4-8(6,9)10/h6-7,11H,1,3-4H2,2H3/t6-,7-/m0/s1. The zero-order valence-corrected chi connectivity index (χ0v) is 7.99. The molecule has 64 valence electrons. The van der Waals surface area contributed by atoms with Gasteiger partial charge in [0.2, 0.25) is 0 Å². The van der Waals surface area contributed by atoms with E-state index in [9.17, 15) is 5.11 Å². The molecule has 0 spiro atoms. The van der Waals surface area contributed by atoms with Crippen molar-refractivity contribution in [3.63, 3.8) is 0 Å². The Morgan fingerprint density at radius 3 is 2.55 bits per heavy atom. The molecule has 0 aromatic heterocycles. The van der Waals surface area contributed by atoms with E-state index in [1.807, 2.05) is 6.92 Å². The smallest absolute Gasteiger partial charge is 0.124 e. The molecule has 2 atom stereocenters. The van der Waals surface area contributed by atoms with E-state index in [4.69, 9.17) is 23.2 Å². The molecule has 0 heterocycles. The third-order valence-corrected chi connectivity index (χ3v) is 2.77. The molecule has 0 saturated heterocycles. The molecule has 0 radical (unpaired) electrons. The summed E-state index contributed by atoms with van der Waals surface area (Å²) in [5.41, 5.74) is 0.966. The van der Waals surface area contributed by atoms with E-state index in [0.29, 0.717) is 12.8 Å². The van der Waals surface area contributed by atoms with Gasteiger partial charge in [0.15, 0.2) is 0 Å². The molecule has 1 N–H and O–H groups in total. The molecule has 0 bridgehead atoms. The van der Waals surface area contributed by atoms with Gasteiger partial charge in [0, 0.05) is 5.92 Å². The van der Waals surface area contributed by atoms with Gasteiger partial charge in [-0.05, 0) is 19.8 Å². The van der Waals surface area contributed by atoms with Gasteiger partial charge in [0.25, 0.3) is 0 Å². The molecule has 1 fully saturated rings. The first-order valence-electron chi connectivity index (χ1n) is 3.64. The second-order valence-corrected chi connectivity index (χ2v) is 4.84. The highest BCUT2D eigenvalue weighted by Crippen LogP contribution is 2.55. The van der Waals surface area contributed by atoms with Crippen LogP contribution in [0, 0.1) is 5.92 Å². The lowest BCUT2D eigenvalue weighted by atomic mass is 10.1. The van der Waals surface area contributed by atoms with E-state index in [1.54, 1.807) is 0 Å². The van der Waals surface area contributed by atoms with E-state index < -0.39 is 10.4 Å². The molecule has 0 unspecified atom stereocenters. The third-order valence-electron chi connectivity index (χ3n) is 1.90. The Morgan fingerprint density at radius 1 is 1.82 bits per heavy atom. The van der Waals surface area contributed by atoms with Crippen molar-refractivity contribution in [2.75, 3.05) is 0 Å². The normalized spacial score (nSPS) is 29.6. The quantitative estimate of drug-likeness (QED) is 0.541. The largest absolute Gasteiger partial charge is 0.392 e. The fourth-order valence-electron chi connectivity index (χ4n) is 1.15. The van der Waals surface area contributed by atoms with Crippen molar-refractivity contribution in [1.29, 1.82) is 0 Å². The topological polar surface area (TPSA) is 20.2 Å². The van der Waals surface area contributed by atoms with Crippen LogP contribution >= 0.6 is 23.2 Å². The minimum Gasteiger partial charge on any atom is -0.392 e. The summed E-state index contributed by atoms with van der Waals surface area (Å²) in [5, 5.41) is 9.47. The van der Waals surface area contributed by atoms with Crippen LogP contribution in [-0.2, 0) is 0 Å². The monoisotopic (exact) mass is 194 g/mol. The Balaban J connectivity index is 2.34. The molecule has 1 aliphatic carbocycles. The molecule has 11 heavy (non-hydrogen) atoms. The molecule has 0 aromatic rings. The van der Waals surface area contributed by atoms with Gasteiger partial charge < -0.3 is 5.11 Å². The van der Waals surface area contributed by atoms with Crippen molar-refractivity contribution >= 4 is 23.2 Å². The molecule has 1 rings (SSSR count). The summed E-state index contributed by atoms with van der Waals surface area (Å²) in [5.74, 6) is 0.0440. The van der Waals surface area contributed by atoms with Crippen LogP contribution < -0.4 is 0 Å². The van der Waals surface area contributed by atoms with Gasteiger partial charge in [-0.25, -0.2) is 0 Å². The lowest BCUT2D eigenvalue weighted by molar-refractivity contribution is 0.150. The molecule has 1 aliphatic rings. The average Bonchev–Trinajstić information content (AvgIpc) is 2.38. The lowest BCUT2D eigenvalue weighted by Gasteiger charge is -2.09.